The molecular weight excluding hydrogens is 336 g/mol. The van der Waals surface area contributed by atoms with E-state index in [2.05, 4.69) is 47.0 Å². The van der Waals surface area contributed by atoms with Crippen LogP contribution >= 0.6 is 0 Å². The van der Waals surface area contributed by atoms with Gasteiger partial charge >= 0.3 is 0 Å². The number of allylic oxidation sites excluding steroid dienone is 1. The minimum absolute atomic E-state index is 0.181. The van der Waals surface area contributed by atoms with Gasteiger partial charge < -0.3 is 10.6 Å². The summed E-state index contributed by atoms with van der Waals surface area (Å²) >= 11 is 0. The van der Waals surface area contributed by atoms with Gasteiger partial charge in [-0.3, -0.25) is 14.7 Å². The Bertz CT molecular complexity index is 721. The van der Waals surface area contributed by atoms with Crippen molar-refractivity contribution in [3.05, 3.63) is 41.7 Å². The molecular formula is C22H34N4O. The fraction of sp³-hybridized carbons (Fsp3) is 0.545. The third kappa shape index (κ3) is 5.67. The highest BCUT2D eigenvalue weighted by Crippen LogP contribution is 2.26. The Morgan fingerprint density at radius 1 is 1.41 bits per heavy atom. The van der Waals surface area contributed by atoms with Crippen LogP contribution < -0.4 is 10.6 Å². The Morgan fingerprint density at radius 3 is 2.78 bits per heavy atom. The number of nitrogens with one attached hydrogen (secondary N) is 2. The van der Waals surface area contributed by atoms with Crippen LogP contribution in [0.4, 0.5) is 5.69 Å². The van der Waals surface area contributed by atoms with Gasteiger partial charge in [0.25, 0.3) is 5.91 Å². The van der Waals surface area contributed by atoms with E-state index in [1.54, 1.807) is 6.92 Å². The molecule has 0 radical (unpaired) electrons. The third-order valence-electron chi connectivity index (χ3n) is 5.34. The zero-order valence-electron chi connectivity index (χ0n) is 17.5. The van der Waals surface area contributed by atoms with E-state index in [4.69, 9.17) is 0 Å². The lowest BCUT2D eigenvalue weighted by Gasteiger charge is -2.42. The van der Waals surface area contributed by atoms with E-state index < -0.39 is 0 Å². The van der Waals surface area contributed by atoms with Gasteiger partial charge in [-0.15, -0.1) is 0 Å². The van der Waals surface area contributed by atoms with Crippen LogP contribution in [0.3, 0.4) is 0 Å². The molecule has 148 valence electrons. The van der Waals surface area contributed by atoms with Gasteiger partial charge in [0.05, 0.1) is 11.4 Å². The van der Waals surface area contributed by atoms with Crippen LogP contribution in [0.25, 0.3) is 5.70 Å². The Morgan fingerprint density at radius 2 is 2.15 bits per heavy atom. The van der Waals surface area contributed by atoms with Gasteiger partial charge in [0.1, 0.15) is 0 Å². The average Bonchev–Trinajstić information content (AvgIpc) is 2.61. The summed E-state index contributed by atoms with van der Waals surface area (Å²) in [5, 5.41) is 6.43. The third-order valence-corrected chi connectivity index (χ3v) is 5.34. The molecule has 1 aliphatic heterocycles. The van der Waals surface area contributed by atoms with Crippen LogP contribution in [0, 0.1) is 6.92 Å². The largest absolute Gasteiger partial charge is 0.383 e. The molecule has 0 aliphatic carbocycles. The van der Waals surface area contributed by atoms with E-state index in [0.717, 1.165) is 35.7 Å². The summed E-state index contributed by atoms with van der Waals surface area (Å²) in [7, 11) is 0. The molecule has 27 heavy (non-hydrogen) atoms. The normalized spacial score (nSPS) is 17.4. The van der Waals surface area contributed by atoms with Crippen LogP contribution in [0.2, 0.25) is 0 Å². The number of hydrogen-bond donors (Lipinski definition) is 2. The first kappa shape index (κ1) is 21.2. The number of anilines is 1. The lowest BCUT2D eigenvalue weighted by Crippen LogP contribution is -2.49. The van der Waals surface area contributed by atoms with Crippen molar-refractivity contribution in [3.63, 3.8) is 0 Å². The number of pyridine rings is 1. The Balaban J connectivity index is 2.02. The highest BCUT2D eigenvalue weighted by Gasteiger charge is 2.28. The number of rotatable bonds is 7. The minimum Gasteiger partial charge on any atom is -0.383 e. The van der Waals surface area contributed by atoms with Crippen molar-refractivity contribution in [2.75, 3.05) is 25.0 Å². The second-order valence-electron chi connectivity index (χ2n) is 7.98. The van der Waals surface area contributed by atoms with Gasteiger partial charge in [-0.1, -0.05) is 19.1 Å². The van der Waals surface area contributed by atoms with Gasteiger partial charge in [-0.05, 0) is 60.1 Å². The molecule has 1 amide bonds. The molecule has 5 nitrogen and oxygen atoms in total. The number of nitrogens with zero attached hydrogens (tertiary/aromatic N) is 2. The second-order valence-corrected chi connectivity index (χ2v) is 7.98. The van der Waals surface area contributed by atoms with Gasteiger partial charge in [-0.25, -0.2) is 0 Å². The molecule has 0 aromatic carbocycles. The SMILES string of the molecule is C=C(C)C(=O)Nc1cc(/C(=C\C)NCCN2CCCCC2(C)C)cnc1C. The molecule has 0 bridgehead atoms. The summed E-state index contributed by atoms with van der Waals surface area (Å²) in [6.07, 6.45) is 7.77. The number of carbonyl (C=O) groups excluding carboxylic acids is 1. The maximum Gasteiger partial charge on any atom is 0.250 e. The standard InChI is InChI=1S/C22H34N4O/c1-7-19(23-11-13-26-12-9-8-10-22(26,5)6)18-14-20(17(4)24-15-18)25-21(27)16(2)3/h7,14-15,23H,2,8-13H2,1,3-6H3,(H,25,27)/b19-7+. The first-order valence-corrected chi connectivity index (χ1v) is 9.83. The molecule has 1 fully saturated rings. The van der Waals surface area contributed by atoms with Gasteiger partial charge in [0.15, 0.2) is 0 Å². The van der Waals surface area contributed by atoms with E-state index >= 15 is 0 Å². The predicted octanol–water partition coefficient (Wildman–Crippen LogP) is 4.12. The van der Waals surface area contributed by atoms with Crippen LogP contribution in [0.1, 0.15) is 58.2 Å². The predicted molar refractivity (Wildman–Crippen MR) is 114 cm³/mol. The Kier molecular flexibility index (Phi) is 7.19. The Hall–Kier alpha value is -2.14. The number of aryl methyl sites for hydroxylation is 1. The molecule has 1 aromatic rings. The molecule has 2 N–H and O–H groups in total. The molecule has 0 atom stereocenters. The van der Waals surface area contributed by atoms with Crippen molar-refractivity contribution in [1.82, 2.24) is 15.2 Å². The monoisotopic (exact) mass is 370 g/mol. The molecule has 0 spiro atoms. The van der Waals surface area contributed by atoms with Gasteiger partial charge in [0, 0.05) is 41.7 Å². The van der Waals surface area contributed by atoms with Crippen LogP contribution in [0.5, 0.6) is 0 Å². The number of hydrogen-bond acceptors (Lipinski definition) is 4. The highest BCUT2D eigenvalue weighted by atomic mass is 16.1. The maximum atomic E-state index is 11.9. The van der Waals surface area contributed by atoms with E-state index in [-0.39, 0.29) is 11.4 Å². The first-order valence-electron chi connectivity index (χ1n) is 9.83. The topological polar surface area (TPSA) is 57.3 Å². The number of aromatic nitrogens is 1. The van der Waals surface area contributed by atoms with Crippen LogP contribution in [-0.2, 0) is 4.79 Å². The maximum absolute atomic E-state index is 11.9. The number of carbonyl (C=O) groups is 1. The van der Waals surface area contributed by atoms with E-state index in [0.29, 0.717) is 5.57 Å². The molecule has 5 heteroatoms. The summed E-state index contributed by atoms with van der Waals surface area (Å²) in [4.78, 5) is 19.0. The van der Waals surface area contributed by atoms with E-state index in [1.165, 1.54) is 25.8 Å². The average molecular weight is 371 g/mol. The first-order chi connectivity index (χ1) is 12.7. The minimum atomic E-state index is -0.181. The van der Waals surface area contributed by atoms with Crippen LogP contribution in [-0.4, -0.2) is 41.0 Å². The molecule has 0 unspecified atom stereocenters. The number of piperidine rings is 1. The lowest BCUT2D eigenvalue weighted by atomic mass is 9.90. The summed E-state index contributed by atoms with van der Waals surface area (Å²) < 4.78 is 0. The smallest absolute Gasteiger partial charge is 0.250 e. The quantitative estimate of drug-likeness (QED) is 0.709. The Labute approximate surface area is 163 Å². The second kappa shape index (κ2) is 9.18. The summed E-state index contributed by atoms with van der Waals surface area (Å²) in [6.45, 7) is 17.0. The summed E-state index contributed by atoms with van der Waals surface area (Å²) in [5.74, 6) is -0.181. The zero-order chi connectivity index (χ0) is 20.0. The highest BCUT2D eigenvalue weighted by molar-refractivity contribution is 6.03. The molecule has 1 aromatic heterocycles. The fourth-order valence-electron chi connectivity index (χ4n) is 3.47. The molecule has 2 rings (SSSR count). The van der Waals surface area contributed by atoms with E-state index in [1.807, 2.05) is 26.1 Å². The fourth-order valence-corrected chi connectivity index (χ4v) is 3.47. The van der Waals surface area contributed by atoms with Crippen molar-refractivity contribution >= 4 is 17.3 Å². The van der Waals surface area contributed by atoms with E-state index in [9.17, 15) is 4.79 Å². The summed E-state index contributed by atoms with van der Waals surface area (Å²) in [5.41, 5.74) is 4.27. The lowest BCUT2D eigenvalue weighted by molar-refractivity contribution is -0.112. The molecule has 1 saturated heterocycles. The van der Waals surface area contributed by atoms with Crippen molar-refractivity contribution in [2.24, 2.45) is 0 Å². The molecule has 0 saturated carbocycles. The zero-order valence-corrected chi connectivity index (χ0v) is 17.5. The molecule has 1 aliphatic rings. The van der Waals surface area contributed by atoms with Gasteiger partial charge in [-0.2, -0.15) is 0 Å². The van der Waals surface area contributed by atoms with Gasteiger partial charge in [0.2, 0.25) is 0 Å². The number of likely N-dealkylation sites (tertiary alicyclic amines) is 1. The molecule has 2 heterocycles. The van der Waals surface area contributed by atoms with Crippen molar-refractivity contribution < 1.29 is 4.79 Å². The van der Waals surface area contributed by atoms with Crippen molar-refractivity contribution in [2.45, 2.75) is 59.4 Å². The summed E-state index contributed by atoms with van der Waals surface area (Å²) in [6, 6.07) is 1.97. The van der Waals surface area contributed by atoms with Crippen LogP contribution in [0.15, 0.2) is 30.5 Å². The van der Waals surface area contributed by atoms with Crippen molar-refractivity contribution in [3.8, 4) is 0 Å². The number of amides is 1. The van der Waals surface area contributed by atoms with Crippen molar-refractivity contribution in [1.29, 1.82) is 0 Å².